The van der Waals surface area contributed by atoms with Gasteiger partial charge in [0.15, 0.2) is 5.78 Å². The Hall–Kier alpha value is -1.88. The Bertz CT molecular complexity index is 606. The van der Waals surface area contributed by atoms with Crippen molar-refractivity contribution in [3.05, 3.63) is 34.9 Å². The normalized spacial score (nSPS) is 15.8. The Balaban J connectivity index is 1.90. The number of esters is 1. The molecule has 130 valence electrons. The second-order valence-electron chi connectivity index (χ2n) is 5.99. The molecule has 5 nitrogen and oxygen atoms in total. The molecule has 1 aromatic rings. The molecule has 0 bridgehead atoms. The molecule has 0 heterocycles. The van der Waals surface area contributed by atoms with Crippen LogP contribution in [0.5, 0.6) is 0 Å². The molecule has 0 saturated heterocycles. The van der Waals surface area contributed by atoms with E-state index in [1.54, 1.807) is 31.2 Å². The van der Waals surface area contributed by atoms with Crippen molar-refractivity contribution in [3.63, 3.8) is 0 Å². The van der Waals surface area contributed by atoms with E-state index in [1.807, 2.05) is 0 Å². The van der Waals surface area contributed by atoms with Crippen LogP contribution in [0, 0.1) is 0 Å². The first-order chi connectivity index (χ1) is 11.5. The van der Waals surface area contributed by atoms with Crippen molar-refractivity contribution >= 4 is 29.3 Å². The topological polar surface area (TPSA) is 72.5 Å². The molecular formula is C18H22ClNO4. The standard InChI is InChI=1S/C18H22ClNO4/c1-2-24-17(23)18(11-3-4-12-18)20-16(22)10-9-15(21)13-5-7-14(19)8-6-13/h5-8H,2-4,9-12H2,1H3,(H,20,22). The maximum atomic E-state index is 12.2. The van der Waals surface area contributed by atoms with Crippen LogP contribution in [0.2, 0.25) is 5.02 Å². The van der Waals surface area contributed by atoms with Crippen LogP contribution >= 0.6 is 11.6 Å². The van der Waals surface area contributed by atoms with Gasteiger partial charge in [0.1, 0.15) is 5.54 Å². The van der Waals surface area contributed by atoms with E-state index in [0.717, 1.165) is 12.8 Å². The van der Waals surface area contributed by atoms with Gasteiger partial charge >= 0.3 is 5.97 Å². The Morgan fingerprint density at radius 3 is 2.33 bits per heavy atom. The second kappa shape index (κ2) is 8.29. The van der Waals surface area contributed by atoms with Crippen LogP contribution in [-0.2, 0) is 14.3 Å². The molecule has 24 heavy (non-hydrogen) atoms. The summed E-state index contributed by atoms with van der Waals surface area (Å²) in [4.78, 5) is 36.5. The molecule has 6 heteroatoms. The van der Waals surface area contributed by atoms with Crippen LogP contribution in [0.3, 0.4) is 0 Å². The molecule has 1 aromatic carbocycles. The number of rotatable bonds is 7. The van der Waals surface area contributed by atoms with E-state index >= 15 is 0 Å². The average Bonchev–Trinajstić information content (AvgIpc) is 3.03. The largest absolute Gasteiger partial charge is 0.464 e. The molecule has 0 atom stereocenters. The number of Topliss-reactive ketones (excluding diaryl/α,β-unsaturated/α-hetero) is 1. The van der Waals surface area contributed by atoms with Crippen molar-refractivity contribution < 1.29 is 19.1 Å². The van der Waals surface area contributed by atoms with Crippen LogP contribution < -0.4 is 5.32 Å². The summed E-state index contributed by atoms with van der Waals surface area (Å²) in [7, 11) is 0. The van der Waals surface area contributed by atoms with E-state index in [4.69, 9.17) is 16.3 Å². The van der Waals surface area contributed by atoms with E-state index in [-0.39, 0.29) is 37.1 Å². The van der Waals surface area contributed by atoms with E-state index < -0.39 is 5.54 Å². The minimum atomic E-state index is -0.920. The van der Waals surface area contributed by atoms with E-state index in [1.165, 1.54) is 0 Å². The monoisotopic (exact) mass is 351 g/mol. The molecule has 0 aliphatic heterocycles. The highest BCUT2D eigenvalue weighted by atomic mass is 35.5. The van der Waals surface area contributed by atoms with E-state index in [2.05, 4.69) is 5.32 Å². The molecule has 0 spiro atoms. The van der Waals surface area contributed by atoms with Crippen molar-refractivity contribution in [2.75, 3.05) is 6.61 Å². The second-order valence-corrected chi connectivity index (χ2v) is 6.42. The number of hydrogen-bond donors (Lipinski definition) is 1. The van der Waals surface area contributed by atoms with E-state index in [0.29, 0.717) is 23.4 Å². The fraction of sp³-hybridized carbons (Fsp3) is 0.500. The number of ether oxygens (including phenoxy) is 1. The number of carbonyl (C=O) groups excluding carboxylic acids is 3. The molecule has 0 aromatic heterocycles. The van der Waals surface area contributed by atoms with Crippen LogP contribution in [0.25, 0.3) is 0 Å². The van der Waals surface area contributed by atoms with Gasteiger partial charge < -0.3 is 10.1 Å². The van der Waals surface area contributed by atoms with Crippen LogP contribution in [0.15, 0.2) is 24.3 Å². The van der Waals surface area contributed by atoms with Crippen molar-refractivity contribution in [1.29, 1.82) is 0 Å². The van der Waals surface area contributed by atoms with Gasteiger partial charge in [0.2, 0.25) is 5.91 Å². The zero-order valence-corrected chi connectivity index (χ0v) is 14.5. The first-order valence-corrected chi connectivity index (χ1v) is 8.61. The van der Waals surface area contributed by atoms with Gasteiger partial charge in [-0.2, -0.15) is 0 Å². The molecule has 0 radical (unpaired) electrons. The average molecular weight is 352 g/mol. The summed E-state index contributed by atoms with van der Waals surface area (Å²) >= 11 is 5.79. The number of hydrogen-bond acceptors (Lipinski definition) is 4. The van der Waals surface area contributed by atoms with Gasteiger partial charge in [-0.25, -0.2) is 4.79 Å². The fourth-order valence-corrected chi connectivity index (χ4v) is 3.09. The summed E-state index contributed by atoms with van der Waals surface area (Å²) in [6.45, 7) is 2.03. The molecular weight excluding hydrogens is 330 g/mol. The number of amides is 1. The van der Waals surface area contributed by atoms with Gasteiger partial charge in [-0.3, -0.25) is 9.59 Å². The molecule has 1 N–H and O–H groups in total. The van der Waals surface area contributed by atoms with Gasteiger partial charge in [-0.05, 0) is 44.0 Å². The Morgan fingerprint density at radius 2 is 1.75 bits per heavy atom. The summed E-state index contributed by atoms with van der Waals surface area (Å²) in [5, 5.41) is 3.36. The summed E-state index contributed by atoms with van der Waals surface area (Å²) in [6, 6.07) is 6.56. The van der Waals surface area contributed by atoms with Crippen LogP contribution in [0.1, 0.15) is 55.8 Å². The Kier molecular flexibility index (Phi) is 6.37. The first kappa shape index (κ1) is 18.5. The zero-order chi connectivity index (χ0) is 17.6. The quantitative estimate of drug-likeness (QED) is 0.604. The van der Waals surface area contributed by atoms with Gasteiger partial charge in [-0.1, -0.05) is 24.4 Å². The summed E-state index contributed by atoms with van der Waals surface area (Å²) in [5.74, 6) is -0.800. The van der Waals surface area contributed by atoms with E-state index in [9.17, 15) is 14.4 Å². The Morgan fingerprint density at radius 1 is 1.12 bits per heavy atom. The summed E-state index contributed by atoms with van der Waals surface area (Å²) in [5.41, 5.74) is -0.399. The van der Waals surface area contributed by atoms with Crippen molar-refractivity contribution in [3.8, 4) is 0 Å². The summed E-state index contributed by atoms with van der Waals surface area (Å²) < 4.78 is 5.10. The third-order valence-electron chi connectivity index (χ3n) is 4.25. The minimum Gasteiger partial charge on any atom is -0.464 e. The van der Waals surface area contributed by atoms with Crippen LogP contribution in [0.4, 0.5) is 0 Å². The SMILES string of the molecule is CCOC(=O)C1(NC(=O)CCC(=O)c2ccc(Cl)cc2)CCCC1. The Labute approximate surface area is 146 Å². The number of benzene rings is 1. The number of halogens is 1. The first-order valence-electron chi connectivity index (χ1n) is 8.24. The smallest absolute Gasteiger partial charge is 0.331 e. The lowest BCUT2D eigenvalue weighted by molar-refractivity contribution is -0.153. The third kappa shape index (κ3) is 4.57. The maximum absolute atomic E-state index is 12.2. The third-order valence-corrected chi connectivity index (χ3v) is 4.50. The molecule has 2 rings (SSSR count). The fourth-order valence-electron chi connectivity index (χ4n) is 2.96. The molecule has 1 saturated carbocycles. The van der Waals surface area contributed by atoms with Crippen molar-refractivity contribution in [2.24, 2.45) is 0 Å². The molecule has 1 aliphatic rings. The number of nitrogens with one attached hydrogen (secondary N) is 1. The molecule has 1 amide bonds. The van der Waals surface area contributed by atoms with Gasteiger partial charge in [-0.15, -0.1) is 0 Å². The lowest BCUT2D eigenvalue weighted by Gasteiger charge is -2.27. The van der Waals surface area contributed by atoms with Gasteiger partial charge in [0.05, 0.1) is 6.61 Å². The number of ketones is 1. The molecule has 0 unspecified atom stereocenters. The maximum Gasteiger partial charge on any atom is 0.331 e. The highest BCUT2D eigenvalue weighted by Crippen LogP contribution is 2.31. The van der Waals surface area contributed by atoms with Gasteiger partial charge in [0, 0.05) is 23.4 Å². The lowest BCUT2D eigenvalue weighted by Crippen LogP contribution is -2.53. The minimum absolute atomic E-state index is 0.0443. The number of carbonyl (C=O) groups is 3. The highest BCUT2D eigenvalue weighted by molar-refractivity contribution is 6.30. The summed E-state index contributed by atoms with van der Waals surface area (Å²) in [6.07, 6.45) is 3.06. The zero-order valence-electron chi connectivity index (χ0n) is 13.8. The van der Waals surface area contributed by atoms with Crippen LogP contribution in [-0.4, -0.2) is 29.8 Å². The predicted octanol–water partition coefficient (Wildman–Crippen LogP) is 3.30. The lowest BCUT2D eigenvalue weighted by atomic mass is 9.97. The molecule has 1 fully saturated rings. The van der Waals surface area contributed by atoms with Crippen molar-refractivity contribution in [2.45, 2.75) is 51.0 Å². The van der Waals surface area contributed by atoms with Crippen molar-refractivity contribution in [1.82, 2.24) is 5.32 Å². The molecule has 1 aliphatic carbocycles. The van der Waals surface area contributed by atoms with Gasteiger partial charge in [0.25, 0.3) is 0 Å². The highest BCUT2D eigenvalue weighted by Gasteiger charge is 2.43. The predicted molar refractivity (Wildman–Crippen MR) is 91.0 cm³/mol.